The lowest BCUT2D eigenvalue weighted by atomic mass is 10.2. The topological polar surface area (TPSA) is 81.2 Å². The van der Waals surface area contributed by atoms with Gasteiger partial charge in [0.15, 0.2) is 11.7 Å². The van der Waals surface area contributed by atoms with Crippen LogP contribution >= 0.6 is 27.3 Å². The first-order chi connectivity index (χ1) is 12.1. The van der Waals surface area contributed by atoms with Crippen LogP contribution in [0.25, 0.3) is 11.3 Å². The van der Waals surface area contributed by atoms with Crippen molar-refractivity contribution in [3.63, 3.8) is 0 Å². The monoisotopic (exact) mass is 417 g/mol. The molecule has 0 atom stereocenters. The van der Waals surface area contributed by atoms with Crippen molar-refractivity contribution in [2.24, 2.45) is 0 Å². The Morgan fingerprint density at radius 1 is 1.16 bits per heavy atom. The molecule has 0 aliphatic heterocycles. The number of ether oxygens (including phenoxy) is 1. The van der Waals surface area contributed by atoms with Gasteiger partial charge in [-0.3, -0.25) is 10.1 Å². The van der Waals surface area contributed by atoms with Gasteiger partial charge in [0.05, 0.1) is 5.69 Å². The van der Waals surface area contributed by atoms with Crippen molar-refractivity contribution in [3.05, 3.63) is 64.2 Å². The van der Waals surface area contributed by atoms with Crippen LogP contribution in [0.2, 0.25) is 0 Å². The van der Waals surface area contributed by atoms with E-state index in [0.717, 1.165) is 15.7 Å². The Morgan fingerprint density at radius 2 is 1.96 bits per heavy atom. The second-order valence-electron chi connectivity index (χ2n) is 4.88. The van der Waals surface area contributed by atoms with E-state index >= 15 is 0 Å². The molecule has 126 valence electrons. The molecule has 6 nitrogen and oxygen atoms in total. The zero-order valence-electron chi connectivity index (χ0n) is 12.8. The number of carbonyl (C=O) groups is 2. The molecule has 0 saturated heterocycles. The van der Waals surface area contributed by atoms with E-state index in [2.05, 4.69) is 31.2 Å². The summed E-state index contributed by atoms with van der Waals surface area (Å²) in [4.78, 5) is 31.8. The molecule has 8 heteroatoms. The second-order valence-corrected chi connectivity index (χ2v) is 6.66. The Kier molecular flexibility index (Phi) is 5.52. The molecular weight excluding hydrogens is 406 g/mol. The largest absolute Gasteiger partial charge is 0.451 e. The maximum atomic E-state index is 11.9. The zero-order valence-corrected chi connectivity index (χ0v) is 15.2. The number of pyridine rings is 1. The van der Waals surface area contributed by atoms with Crippen LogP contribution in [-0.4, -0.2) is 28.5 Å². The standard InChI is InChI=1S/C17H12BrN3O3S/c18-12-6-4-11(5-7-12)14-10-25-17(20-14)21-15(22)9-24-16(23)13-3-1-2-8-19-13/h1-8,10H,9H2,(H,20,21,22). The molecule has 3 rings (SSSR count). The van der Waals surface area contributed by atoms with Crippen LogP contribution < -0.4 is 5.32 Å². The summed E-state index contributed by atoms with van der Waals surface area (Å²) in [6, 6.07) is 12.6. The Bertz CT molecular complexity index is 882. The number of nitrogens with one attached hydrogen (secondary N) is 1. The smallest absolute Gasteiger partial charge is 0.357 e. The molecule has 3 aromatic rings. The fourth-order valence-electron chi connectivity index (χ4n) is 1.93. The van der Waals surface area contributed by atoms with Crippen LogP contribution in [0.3, 0.4) is 0 Å². The van der Waals surface area contributed by atoms with Gasteiger partial charge in [0.25, 0.3) is 5.91 Å². The quantitative estimate of drug-likeness (QED) is 0.639. The number of benzene rings is 1. The van der Waals surface area contributed by atoms with Gasteiger partial charge in [-0.05, 0) is 24.3 Å². The summed E-state index contributed by atoms with van der Waals surface area (Å²) in [5.41, 5.74) is 1.86. The summed E-state index contributed by atoms with van der Waals surface area (Å²) in [7, 11) is 0. The number of aromatic nitrogens is 2. The van der Waals surface area contributed by atoms with Crippen molar-refractivity contribution in [2.45, 2.75) is 0 Å². The minimum absolute atomic E-state index is 0.155. The summed E-state index contributed by atoms with van der Waals surface area (Å²) in [6.07, 6.45) is 1.48. The number of hydrogen-bond donors (Lipinski definition) is 1. The second kappa shape index (κ2) is 8.00. The molecule has 0 aliphatic rings. The van der Waals surface area contributed by atoms with Crippen molar-refractivity contribution < 1.29 is 14.3 Å². The van der Waals surface area contributed by atoms with Gasteiger partial charge in [-0.15, -0.1) is 11.3 Å². The van der Waals surface area contributed by atoms with E-state index in [4.69, 9.17) is 4.74 Å². The van der Waals surface area contributed by atoms with E-state index in [1.165, 1.54) is 23.6 Å². The number of rotatable bonds is 5. The highest BCUT2D eigenvalue weighted by atomic mass is 79.9. The molecule has 0 bridgehead atoms. The molecule has 0 aliphatic carbocycles. The van der Waals surface area contributed by atoms with Crippen LogP contribution in [0, 0.1) is 0 Å². The number of hydrogen-bond acceptors (Lipinski definition) is 6. The molecule has 0 radical (unpaired) electrons. The highest BCUT2D eigenvalue weighted by Gasteiger charge is 2.12. The first kappa shape index (κ1) is 17.2. The van der Waals surface area contributed by atoms with Crippen LogP contribution in [-0.2, 0) is 9.53 Å². The number of carbonyl (C=O) groups excluding carboxylic acids is 2. The van der Waals surface area contributed by atoms with E-state index in [1.54, 1.807) is 12.1 Å². The molecule has 1 aromatic carbocycles. The minimum atomic E-state index is -0.648. The molecule has 1 N–H and O–H groups in total. The summed E-state index contributed by atoms with van der Waals surface area (Å²) in [5, 5.41) is 4.90. The van der Waals surface area contributed by atoms with Crippen LogP contribution in [0.4, 0.5) is 5.13 Å². The molecule has 2 heterocycles. The lowest BCUT2D eigenvalue weighted by molar-refractivity contribution is -0.119. The maximum absolute atomic E-state index is 11.9. The number of nitrogens with zero attached hydrogens (tertiary/aromatic N) is 2. The van der Waals surface area contributed by atoms with Crippen molar-refractivity contribution in [2.75, 3.05) is 11.9 Å². The third-order valence-corrected chi connectivity index (χ3v) is 4.39. The Balaban J connectivity index is 1.55. The number of anilines is 1. The third-order valence-electron chi connectivity index (χ3n) is 3.10. The Morgan fingerprint density at radius 3 is 2.68 bits per heavy atom. The molecular formula is C17H12BrN3O3S. The maximum Gasteiger partial charge on any atom is 0.357 e. The van der Waals surface area contributed by atoms with Crippen LogP contribution in [0.5, 0.6) is 0 Å². The van der Waals surface area contributed by atoms with E-state index in [0.29, 0.717) is 5.13 Å². The zero-order chi connectivity index (χ0) is 17.6. The molecule has 1 amide bonds. The summed E-state index contributed by atoms with van der Waals surface area (Å²) >= 11 is 4.68. The van der Waals surface area contributed by atoms with Gasteiger partial charge in [-0.1, -0.05) is 34.1 Å². The summed E-state index contributed by atoms with van der Waals surface area (Å²) in [5.74, 6) is -1.11. The third kappa shape index (κ3) is 4.71. The molecule has 2 aromatic heterocycles. The minimum Gasteiger partial charge on any atom is -0.451 e. The number of halogens is 1. The highest BCUT2D eigenvalue weighted by Crippen LogP contribution is 2.26. The van der Waals surface area contributed by atoms with Crippen LogP contribution in [0.15, 0.2) is 58.5 Å². The van der Waals surface area contributed by atoms with E-state index in [1.807, 2.05) is 29.6 Å². The molecule has 0 unspecified atom stereocenters. The van der Waals surface area contributed by atoms with Crippen molar-refractivity contribution >= 4 is 44.3 Å². The van der Waals surface area contributed by atoms with Gasteiger partial charge >= 0.3 is 5.97 Å². The number of amides is 1. The highest BCUT2D eigenvalue weighted by molar-refractivity contribution is 9.10. The fraction of sp³-hybridized carbons (Fsp3) is 0.0588. The first-order valence-electron chi connectivity index (χ1n) is 7.21. The van der Waals surface area contributed by atoms with Gasteiger partial charge in [0.2, 0.25) is 0 Å². The Hall–Kier alpha value is -2.58. The van der Waals surface area contributed by atoms with Crippen LogP contribution in [0.1, 0.15) is 10.5 Å². The molecule has 0 saturated carbocycles. The van der Waals surface area contributed by atoms with Gasteiger partial charge in [-0.2, -0.15) is 0 Å². The Labute approximate surface area is 156 Å². The predicted molar refractivity (Wildman–Crippen MR) is 98.4 cm³/mol. The lowest BCUT2D eigenvalue weighted by Gasteiger charge is -2.04. The van der Waals surface area contributed by atoms with Gasteiger partial charge in [-0.25, -0.2) is 14.8 Å². The van der Waals surface area contributed by atoms with E-state index in [-0.39, 0.29) is 5.69 Å². The molecule has 25 heavy (non-hydrogen) atoms. The SMILES string of the molecule is O=C(COC(=O)c1ccccn1)Nc1nc(-c2ccc(Br)cc2)cs1. The summed E-state index contributed by atoms with van der Waals surface area (Å²) in [6.45, 7) is -0.400. The van der Waals surface area contributed by atoms with Crippen molar-refractivity contribution in [1.82, 2.24) is 9.97 Å². The van der Waals surface area contributed by atoms with Crippen molar-refractivity contribution in [1.29, 1.82) is 0 Å². The molecule has 0 fully saturated rings. The number of thiazole rings is 1. The number of esters is 1. The summed E-state index contributed by atoms with van der Waals surface area (Å²) < 4.78 is 5.91. The predicted octanol–water partition coefficient (Wildman–Crippen LogP) is 3.76. The fourth-order valence-corrected chi connectivity index (χ4v) is 2.93. The normalized spacial score (nSPS) is 10.3. The average Bonchev–Trinajstić information content (AvgIpc) is 3.09. The van der Waals surface area contributed by atoms with E-state index in [9.17, 15) is 9.59 Å². The van der Waals surface area contributed by atoms with Gasteiger partial charge in [0, 0.05) is 21.6 Å². The van der Waals surface area contributed by atoms with Gasteiger partial charge < -0.3 is 4.74 Å². The lowest BCUT2D eigenvalue weighted by Crippen LogP contribution is -2.21. The average molecular weight is 418 g/mol. The first-order valence-corrected chi connectivity index (χ1v) is 8.88. The van der Waals surface area contributed by atoms with Crippen molar-refractivity contribution in [3.8, 4) is 11.3 Å². The van der Waals surface area contributed by atoms with Gasteiger partial charge in [0.1, 0.15) is 5.69 Å². The van der Waals surface area contributed by atoms with E-state index < -0.39 is 18.5 Å². The molecule has 0 spiro atoms.